The Hall–Kier alpha value is -3.80. The summed E-state index contributed by atoms with van der Waals surface area (Å²) in [4.78, 5) is 36.1. The molecule has 0 fully saturated rings. The number of rotatable bonds is 10. The van der Waals surface area contributed by atoms with Gasteiger partial charge in [-0.2, -0.15) is 0 Å². The molecule has 3 rings (SSSR count). The van der Waals surface area contributed by atoms with Gasteiger partial charge in [0.1, 0.15) is 11.6 Å². The maximum Gasteiger partial charge on any atom is 0.344 e. The average molecular weight is 420 g/mol. The lowest BCUT2D eigenvalue weighted by Gasteiger charge is -2.08. The molecule has 31 heavy (non-hydrogen) atoms. The maximum absolute atomic E-state index is 12.9. The molecule has 0 saturated carbocycles. The van der Waals surface area contributed by atoms with Crippen LogP contribution < -0.4 is 4.74 Å². The number of Topliss-reactive ketones (excluding diaryl/α,β-unsaturated/α-hetero) is 1. The van der Waals surface area contributed by atoms with E-state index in [0.717, 1.165) is 0 Å². The summed E-state index contributed by atoms with van der Waals surface area (Å²) in [5.74, 6) is -0.756. The second-order valence-corrected chi connectivity index (χ2v) is 6.76. The fourth-order valence-electron chi connectivity index (χ4n) is 2.84. The molecular weight excluding hydrogens is 399 g/mol. The standard InChI is InChI=1S/C25H21FO5/c26-21-12-8-18(9-13-21)23(27)7-4-16-30-24(28)17-31-22-14-10-20(11-15-22)25(29)19-5-2-1-3-6-19/h1-3,5-6,8-15H,4,7,16-17H2. The third kappa shape index (κ3) is 6.60. The zero-order valence-corrected chi connectivity index (χ0v) is 16.8. The fraction of sp³-hybridized carbons (Fsp3) is 0.160. The normalized spacial score (nSPS) is 10.4. The van der Waals surface area contributed by atoms with Crippen LogP contribution in [0.3, 0.4) is 0 Å². The largest absolute Gasteiger partial charge is 0.482 e. The second-order valence-electron chi connectivity index (χ2n) is 6.76. The summed E-state index contributed by atoms with van der Waals surface area (Å²) < 4.78 is 23.3. The number of ketones is 2. The van der Waals surface area contributed by atoms with Gasteiger partial charge in [-0.25, -0.2) is 9.18 Å². The molecule has 0 bridgehead atoms. The summed E-state index contributed by atoms with van der Waals surface area (Å²) in [7, 11) is 0. The Balaban J connectivity index is 1.37. The first-order valence-electron chi connectivity index (χ1n) is 9.80. The molecule has 0 N–H and O–H groups in total. The van der Waals surface area contributed by atoms with Gasteiger partial charge in [0.2, 0.25) is 0 Å². The van der Waals surface area contributed by atoms with Crippen LogP contribution in [0.1, 0.15) is 39.1 Å². The minimum atomic E-state index is -0.557. The molecule has 0 heterocycles. The van der Waals surface area contributed by atoms with Crippen LogP contribution in [0.4, 0.5) is 4.39 Å². The average Bonchev–Trinajstić information content (AvgIpc) is 2.81. The SMILES string of the molecule is O=C(COc1ccc(C(=O)c2ccccc2)cc1)OCCCC(=O)c1ccc(F)cc1. The Morgan fingerprint density at radius 1 is 0.742 bits per heavy atom. The minimum absolute atomic E-state index is 0.0830. The molecule has 0 aliphatic heterocycles. The van der Waals surface area contributed by atoms with Crippen molar-refractivity contribution >= 4 is 17.5 Å². The van der Waals surface area contributed by atoms with Gasteiger partial charge in [-0.3, -0.25) is 9.59 Å². The summed E-state index contributed by atoms with van der Waals surface area (Å²) in [6.45, 7) is -0.197. The van der Waals surface area contributed by atoms with Gasteiger partial charge in [0.15, 0.2) is 18.2 Å². The molecule has 3 aromatic carbocycles. The van der Waals surface area contributed by atoms with Crippen molar-refractivity contribution in [1.29, 1.82) is 0 Å². The smallest absolute Gasteiger partial charge is 0.344 e. The van der Waals surface area contributed by atoms with E-state index in [-0.39, 0.29) is 31.2 Å². The quantitative estimate of drug-likeness (QED) is 0.271. The van der Waals surface area contributed by atoms with Crippen LogP contribution in [0, 0.1) is 5.82 Å². The van der Waals surface area contributed by atoms with E-state index in [9.17, 15) is 18.8 Å². The van der Waals surface area contributed by atoms with E-state index in [1.54, 1.807) is 48.5 Å². The lowest BCUT2D eigenvalue weighted by molar-refractivity contribution is -0.146. The first kappa shape index (κ1) is 21.9. The predicted octanol–water partition coefficient (Wildman–Crippen LogP) is 4.64. The summed E-state index contributed by atoms with van der Waals surface area (Å²) >= 11 is 0. The molecule has 0 amide bonds. The van der Waals surface area contributed by atoms with Crippen LogP contribution in [0.15, 0.2) is 78.9 Å². The van der Waals surface area contributed by atoms with Crippen molar-refractivity contribution in [3.63, 3.8) is 0 Å². The molecule has 0 aliphatic rings. The van der Waals surface area contributed by atoms with E-state index in [1.165, 1.54) is 24.3 Å². The van der Waals surface area contributed by atoms with Crippen LogP contribution in [0.5, 0.6) is 5.75 Å². The first-order chi connectivity index (χ1) is 15.0. The van der Waals surface area contributed by atoms with E-state index in [4.69, 9.17) is 9.47 Å². The highest BCUT2D eigenvalue weighted by Gasteiger charge is 2.10. The number of benzene rings is 3. The van der Waals surface area contributed by atoms with Crippen molar-refractivity contribution in [2.24, 2.45) is 0 Å². The molecular formula is C25H21FO5. The third-order valence-electron chi connectivity index (χ3n) is 4.49. The molecule has 0 unspecified atom stereocenters. The monoisotopic (exact) mass is 420 g/mol. The van der Waals surface area contributed by atoms with E-state index >= 15 is 0 Å². The van der Waals surface area contributed by atoms with Gasteiger partial charge in [-0.1, -0.05) is 30.3 Å². The topological polar surface area (TPSA) is 69.7 Å². The van der Waals surface area contributed by atoms with Crippen molar-refractivity contribution in [2.45, 2.75) is 12.8 Å². The van der Waals surface area contributed by atoms with E-state index in [0.29, 0.717) is 28.9 Å². The molecule has 0 radical (unpaired) electrons. The number of halogens is 1. The Morgan fingerprint density at radius 3 is 2.03 bits per heavy atom. The van der Waals surface area contributed by atoms with E-state index in [2.05, 4.69) is 0 Å². The summed E-state index contributed by atoms with van der Waals surface area (Å²) in [6.07, 6.45) is 0.551. The third-order valence-corrected chi connectivity index (χ3v) is 4.49. The van der Waals surface area contributed by atoms with Crippen LogP contribution >= 0.6 is 0 Å². The van der Waals surface area contributed by atoms with Gasteiger partial charge < -0.3 is 9.47 Å². The lowest BCUT2D eigenvalue weighted by atomic mass is 10.0. The summed E-state index contributed by atoms with van der Waals surface area (Å²) in [5, 5.41) is 0. The van der Waals surface area contributed by atoms with Crippen LogP contribution in [0.2, 0.25) is 0 Å². The van der Waals surface area contributed by atoms with Gasteiger partial charge >= 0.3 is 5.97 Å². The molecule has 5 nitrogen and oxygen atoms in total. The van der Waals surface area contributed by atoms with Gasteiger partial charge in [0.05, 0.1) is 6.61 Å². The van der Waals surface area contributed by atoms with Crippen molar-refractivity contribution in [3.05, 3.63) is 101 Å². The summed E-state index contributed by atoms with van der Waals surface area (Å²) in [6, 6.07) is 20.8. The van der Waals surface area contributed by atoms with Crippen LogP contribution in [0.25, 0.3) is 0 Å². The number of ether oxygens (including phenoxy) is 2. The van der Waals surface area contributed by atoms with Crippen LogP contribution in [-0.2, 0) is 9.53 Å². The van der Waals surface area contributed by atoms with Crippen LogP contribution in [-0.4, -0.2) is 30.7 Å². The molecule has 0 aromatic heterocycles. The zero-order chi connectivity index (χ0) is 22.1. The molecule has 0 spiro atoms. The number of hydrogen-bond donors (Lipinski definition) is 0. The molecule has 3 aromatic rings. The number of hydrogen-bond acceptors (Lipinski definition) is 5. The van der Waals surface area contributed by atoms with Gasteiger partial charge in [0.25, 0.3) is 0 Å². The number of carbonyl (C=O) groups excluding carboxylic acids is 3. The first-order valence-corrected chi connectivity index (χ1v) is 9.80. The number of esters is 1. The van der Waals surface area contributed by atoms with Crippen molar-refractivity contribution in [1.82, 2.24) is 0 Å². The molecule has 0 atom stereocenters. The van der Waals surface area contributed by atoms with E-state index in [1.807, 2.05) is 6.07 Å². The highest BCUT2D eigenvalue weighted by Crippen LogP contribution is 2.15. The number of carbonyl (C=O) groups is 3. The highest BCUT2D eigenvalue weighted by molar-refractivity contribution is 6.09. The Labute approximate surface area is 179 Å². The molecule has 0 saturated heterocycles. The lowest BCUT2D eigenvalue weighted by Crippen LogP contribution is -2.16. The molecule has 6 heteroatoms. The van der Waals surface area contributed by atoms with E-state index < -0.39 is 11.8 Å². The highest BCUT2D eigenvalue weighted by atomic mass is 19.1. The minimum Gasteiger partial charge on any atom is -0.482 e. The fourth-order valence-corrected chi connectivity index (χ4v) is 2.84. The van der Waals surface area contributed by atoms with Gasteiger partial charge in [-0.05, 0) is 55.0 Å². The Bertz CT molecular complexity index is 1030. The second kappa shape index (κ2) is 10.8. The molecule has 0 aliphatic carbocycles. The van der Waals surface area contributed by atoms with Crippen molar-refractivity contribution in [2.75, 3.05) is 13.2 Å². The molecule has 158 valence electrons. The summed E-state index contributed by atoms with van der Waals surface area (Å²) in [5.41, 5.74) is 1.54. The maximum atomic E-state index is 12.9. The van der Waals surface area contributed by atoms with Crippen molar-refractivity contribution in [3.8, 4) is 5.75 Å². The zero-order valence-electron chi connectivity index (χ0n) is 16.8. The van der Waals surface area contributed by atoms with Gasteiger partial charge in [-0.15, -0.1) is 0 Å². The van der Waals surface area contributed by atoms with Crippen molar-refractivity contribution < 1.29 is 28.2 Å². The predicted molar refractivity (Wildman–Crippen MR) is 113 cm³/mol. The Morgan fingerprint density at radius 2 is 1.35 bits per heavy atom. The van der Waals surface area contributed by atoms with Gasteiger partial charge in [0, 0.05) is 23.1 Å². The Kier molecular flexibility index (Phi) is 7.65.